The molecule has 0 radical (unpaired) electrons. The Kier molecular flexibility index (Phi) is 7.04. The molecule has 3 N–H and O–H groups in total. The third-order valence-electron chi connectivity index (χ3n) is 6.10. The highest BCUT2D eigenvalue weighted by Crippen LogP contribution is 2.15. The second kappa shape index (κ2) is 10.7. The number of benzene rings is 2. The summed E-state index contributed by atoms with van der Waals surface area (Å²) in [4.78, 5) is 56.9. The molecule has 5 rings (SSSR count). The zero-order chi connectivity index (χ0) is 27.5. The van der Waals surface area contributed by atoms with E-state index in [1.807, 2.05) is 12.1 Å². The van der Waals surface area contributed by atoms with Crippen LogP contribution in [0.1, 0.15) is 36.2 Å². The van der Waals surface area contributed by atoms with E-state index in [1.54, 1.807) is 18.2 Å². The predicted octanol–water partition coefficient (Wildman–Crippen LogP) is 1.93. The number of carbonyl (C=O) groups is 1. The van der Waals surface area contributed by atoms with E-state index in [9.17, 15) is 23.6 Å². The van der Waals surface area contributed by atoms with Crippen molar-refractivity contribution in [3.8, 4) is 0 Å². The minimum absolute atomic E-state index is 0.113. The van der Waals surface area contributed by atoms with E-state index in [1.165, 1.54) is 29.7 Å². The number of fused-ring (bicyclic) bond motifs is 1. The molecule has 200 valence electrons. The molecule has 5 aromatic rings. The van der Waals surface area contributed by atoms with Crippen molar-refractivity contribution in [1.82, 2.24) is 29.3 Å². The second-order valence-electron chi connectivity index (χ2n) is 8.96. The Morgan fingerprint density at radius 2 is 1.85 bits per heavy atom. The zero-order valence-electron chi connectivity index (χ0n) is 20.9. The topological polar surface area (TPSA) is 161 Å². The molecule has 0 saturated carbocycles. The lowest BCUT2D eigenvalue weighted by molar-refractivity contribution is -0.114. The molecule has 13 heteroatoms. The number of amides is 1. The van der Waals surface area contributed by atoms with Crippen LogP contribution < -0.4 is 22.3 Å². The normalized spacial score (nSPS) is 11.2. The molecule has 39 heavy (non-hydrogen) atoms. The van der Waals surface area contributed by atoms with Crippen LogP contribution in [0.25, 0.3) is 11.2 Å². The van der Waals surface area contributed by atoms with Crippen molar-refractivity contribution in [1.29, 1.82) is 0 Å². The molecular weight excluding hydrogens is 509 g/mol. The van der Waals surface area contributed by atoms with Crippen molar-refractivity contribution >= 4 is 22.8 Å². The summed E-state index contributed by atoms with van der Waals surface area (Å²) < 4.78 is 21.6. The van der Waals surface area contributed by atoms with Gasteiger partial charge in [-0.15, -0.1) is 5.10 Å². The molecule has 0 atom stereocenters. The van der Waals surface area contributed by atoms with Crippen molar-refractivity contribution in [2.24, 2.45) is 0 Å². The van der Waals surface area contributed by atoms with Gasteiger partial charge in [-0.3, -0.25) is 18.7 Å². The number of aromatic nitrogens is 6. The number of H-pyrrole nitrogens is 2. The molecule has 0 bridgehead atoms. The van der Waals surface area contributed by atoms with Crippen LogP contribution >= 0.6 is 0 Å². The Bertz CT molecular complexity index is 1830. The van der Waals surface area contributed by atoms with Gasteiger partial charge in [-0.05, 0) is 30.2 Å². The molecule has 1 amide bonds. The first-order valence-corrected chi connectivity index (χ1v) is 12.1. The first kappa shape index (κ1) is 25.6. The molecule has 0 saturated heterocycles. The van der Waals surface area contributed by atoms with Crippen LogP contribution in [0.2, 0.25) is 0 Å². The van der Waals surface area contributed by atoms with Crippen LogP contribution in [-0.2, 0) is 30.7 Å². The van der Waals surface area contributed by atoms with Gasteiger partial charge in [-0.25, -0.2) is 24.1 Å². The third-order valence-corrected chi connectivity index (χ3v) is 6.10. The van der Waals surface area contributed by atoms with Crippen LogP contribution in [0.5, 0.6) is 0 Å². The molecule has 0 spiro atoms. The summed E-state index contributed by atoms with van der Waals surface area (Å²) in [5, 5.41) is 8.65. The van der Waals surface area contributed by atoms with Crippen LogP contribution in [0.4, 0.5) is 10.1 Å². The summed E-state index contributed by atoms with van der Waals surface area (Å²) in [6.45, 7) is 1.30. The lowest BCUT2D eigenvalue weighted by atomic mass is 10.1. The van der Waals surface area contributed by atoms with Crippen molar-refractivity contribution in [3.05, 3.63) is 109 Å². The predicted molar refractivity (Wildman–Crippen MR) is 139 cm³/mol. The Balaban J connectivity index is 1.51. The quantitative estimate of drug-likeness (QED) is 0.261. The number of anilines is 1. The van der Waals surface area contributed by atoms with Gasteiger partial charge in [0, 0.05) is 37.6 Å². The number of aryl methyl sites for hydroxylation is 2. The monoisotopic (exact) mass is 533 g/mol. The summed E-state index contributed by atoms with van der Waals surface area (Å²) >= 11 is 0. The van der Waals surface area contributed by atoms with Gasteiger partial charge < -0.3 is 14.7 Å². The molecule has 3 heterocycles. The second-order valence-corrected chi connectivity index (χ2v) is 8.96. The Morgan fingerprint density at radius 3 is 2.54 bits per heavy atom. The largest absolute Gasteiger partial charge is 0.434 e. The molecule has 12 nitrogen and oxygen atoms in total. The molecule has 0 unspecified atom stereocenters. The van der Waals surface area contributed by atoms with Gasteiger partial charge in [-0.1, -0.05) is 30.3 Å². The van der Waals surface area contributed by atoms with Gasteiger partial charge >= 0.3 is 11.4 Å². The first-order chi connectivity index (χ1) is 18.8. The maximum absolute atomic E-state index is 14.4. The average molecular weight is 534 g/mol. The van der Waals surface area contributed by atoms with Crippen molar-refractivity contribution in [3.63, 3.8) is 0 Å². The highest BCUT2D eigenvalue weighted by atomic mass is 19.1. The summed E-state index contributed by atoms with van der Waals surface area (Å²) in [5.74, 6) is -0.750. The van der Waals surface area contributed by atoms with Crippen molar-refractivity contribution in [2.45, 2.75) is 39.3 Å². The maximum atomic E-state index is 14.4. The fourth-order valence-electron chi connectivity index (χ4n) is 4.29. The summed E-state index contributed by atoms with van der Waals surface area (Å²) in [7, 11) is 0. The Hall–Kier alpha value is -5.07. The van der Waals surface area contributed by atoms with E-state index >= 15 is 0 Å². The highest BCUT2D eigenvalue weighted by molar-refractivity contribution is 5.88. The van der Waals surface area contributed by atoms with E-state index in [2.05, 4.69) is 25.5 Å². The fourth-order valence-corrected chi connectivity index (χ4v) is 4.29. The Morgan fingerprint density at radius 1 is 1.08 bits per heavy atom. The number of hydrogen-bond acceptors (Lipinski definition) is 7. The maximum Gasteiger partial charge on any atom is 0.434 e. The minimum atomic E-state index is -0.676. The lowest BCUT2D eigenvalue weighted by Crippen LogP contribution is -2.40. The van der Waals surface area contributed by atoms with Crippen LogP contribution in [-0.4, -0.2) is 35.2 Å². The number of nitrogens with one attached hydrogen (secondary N) is 3. The molecule has 0 aliphatic carbocycles. The van der Waals surface area contributed by atoms with E-state index in [-0.39, 0.29) is 48.0 Å². The van der Waals surface area contributed by atoms with Gasteiger partial charge in [0.15, 0.2) is 5.65 Å². The van der Waals surface area contributed by atoms with Crippen LogP contribution in [0.3, 0.4) is 0 Å². The SMILES string of the molecule is CC(=O)Nc1ccc(Cc2nc3c([nH]2)c(=O)n(Cc2ccccc2F)c(=O)n3CCCc2n[nH]c(=O)o2)cc1. The van der Waals surface area contributed by atoms with Gasteiger partial charge in [0.1, 0.15) is 17.2 Å². The summed E-state index contributed by atoms with van der Waals surface area (Å²) in [5.41, 5.74) is 0.723. The van der Waals surface area contributed by atoms with Crippen molar-refractivity contribution < 1.29 is 13.6 Å². The number of hydrogen-bond donors (Lipinski definition) is 3. The first-order valence-electron chi connectivity index (χ1n) is 12.1. The van der Waals surface area contributed by atoms with E-state index in [4.69, 9.17) is 4.42 Å². The average Bonchev–Trinajstić information content (AvgIpc) is 3.52. The van der Waals surface area contributed by atoms with Gasteiger partial charge in [0.05, 0.1) is 6.54 Å². The number of aromatic amines is 2. The highest BCUT2D eigenvalue weighted by Gasteiger charge is 2.19. The number of imidazole rings is 1. The molecule has 2 aromatic carbocycles. The fraction of sp³-hybridized carbons (Fsp3) is 0.231. The number of halogens is 1. The van der Waals surface area contributed by atoms with Crippen molar-refractivity contribution in [2.75, 3.05) is 5.32 Å². The number of nitrogens with zero attached hydrogens (tertiary/aromatic N) is 4. The molecule has 0 fully saturated rings. The molecule has 0 aliphatic heterocycles. The molecular formula is C26H24FN7O5. The smallest absolute Gasteiger partial charge is 0.393 e. The zero-order valence-corrected chi connectivity index (χ0v) is 20.9. The van der Waals surface area contributed by atoms with Crippen LogP contribution in [0, 0.1) is 5.82 Å². The summed E-state index contributed by atoms with van der Waals surface area (Å²) in [6.07, 6.45) is 0.943. The molecule has 3 aromatic heterocycles. The van der Waals surface area contributed by atoms with Crippen LogP contribution in [0.15, 0.2) is 67.3 Å². The summed E-state index contributed by atoms with van der Waals surface area (Å²) in [6, 6.07) is 13.1. The standard InChI is InChI=1S/C26H24FN7O5/c1-15(35)28-18-10-8-16(9-11-18)13-20-29-22-23(30-20)33(12-4-7-21-31-32-25(37)39-21)26(38)34(24(22)36)14-17-5-2-3-6-19(17)27/h2-3,5-6,8-11H,4,7,12-14H2,1H3,(H,28,35)(H,29,30)(H,32,37). The minimum Gasteiger partial charge on any atom is -0.393 e. The van der Waals surface area contributed by atoms with E-state index < -0.39 is 22.8 Å². The Labute approximate surface area is 219 Å². The van der Waals surface area contributed by atoms with Gasteiger partial charge in [-0.2, -0.15) is 0 Å². The third kappa shape index (κ3) is 5.61. The van der Waals surface area contributed by atoms with E-state index in [0.29, 0.717) is 24.4 Å². The van der Waals surface area contributed by atoms with Gasteiger partial charge in [0.2, 0.25) is 11.8 Å². The lowest BCUT2D eigenvalue weighted by Gasteiger charge is -2.11. The van der Waals surface area contributed by atoms with Gasteiger partial charge in [0.25, 0.3) is 5.56 Å². The number of carbonyl (C=O) groups excluding carboxylic acids is 1. The molecule has 0 aliphatic rings. The van der Waals surface area contributed by atoms with E-state index in [0.717, 1.165) is 10.1 Å². The number of rotatable bonds is 9.